The molecule has 1 aromatic carbocycles. The summed E-state index contributed by atoms with van der Waals surface area (Å²) in [5, 5.41) is 19.8. The summed E-state index contributed by atoms with van der Waals surface area (Å²) in [6.45, 7) is 4.87. The van der Waals surface area contributed by atoms with Gasteiger partial charge >= 0.3 is 0 Å². The number of pyridine rings is 1. The number of nitrogens with zero attached hydrogens (tertiary/aromatic N) is 7. The summed E-state index contributed by atoms with van der Waals surface area (Å²) in [6.07, 6.45) is 3.89. The average molecular weight is 490 g/mol. The molecule has 9 heteroatoms. The molecule has 7 rings (SSSR count). The van der Waals surface area contributed by atoms with Crippen molar-refractivity contribution in [3.8, 4) is 11.8 Å². The minimum absolute atomic E-state index is 0.261. The van der Waals surface area contributed by atoms with E-state index in [9.17, 15) is 9.65 Å². The van der Waals surface area contributed by atoms with E-state index in [0.717, 1.165) is 67.5 Å². The first-order valence-corrected chi connectivity index (χ1v) is 12.5. The first-order valence-electron chi connectivity index (χ1n) is 12.2. The Morgan fingerprint density at radius 2 is 1.91 bits per heavy atom. The minimum Gasteiger partial charge on any atom is -0.355 e. The molecule has 7 nitrogen and oxygen atoms in total. The molecule has 4 aliphatic rings. The van der Waals surface area contributed by atoms with E-state index in [1.165, 1.54) is 6.07 Å². The molecule has 178 valence electrons. The number of fused-ring (bicyclic) bond motifs is 3. The van der Waals surface area contributed by atoms with Gasteiger partial charge in [-0.3, -0.25) is 9.47 Å². The topological polar surface area (TPSA) is 73.9 Å². The highest BCUT2D eigenvalue weighted by atomic mass is 35.5. The van der Waals surface area contributed by atoms with Gasteiger partial charge in [-0.2, -0.15) is 5.26 Å². The monoisotopic (exact) mass is 489 g/mol. The van der Waals surface area contributed by atoms with Crippen molar-refractivity contribution in [3.05, 3.63) is 64.1 Å². The van der Waals surface area contributed by atoms with Gasteiger partial charge in [-0.05, 0) is 68.5 Å². The molecule has 0 unspecified atom stereocenters. The Bertz CT molecular complexity index is 1390. The summed E-state index contributed by atoms with van der Waals surface area (Å²) in [5.74, 6) is 2.83. The lowest BCUT2D eigenvalue weighted by Gasteiger charge is -2.59. The third-order valence-electron chi connectivity index (χ3n) is 8.38. The van der Waals surface area contributed by atoms with E-state index in [1.807, 2.05) is 12.1 Å². The van der Waals surface area contributed by atoms with Gasteiger partial charge in [0.2, 0.25) is 0 Å². The van der Waals surface area contributed by atoms with Crippen molar-refractivity contribution >= 4 is 17.4 Å². The lowest BCUT2D eigenvalue weighted by molar-refractivity contribution is 0.0581. The summed E-state index contributed by atoms with van der Waals surface area (Å²) < 4.78 is 15.8. The van der Waals surface area contributed by atoms with Crippen LogP contribution in [0.1, 0.15) is 54.5 Å². The van der Waals surface area contributed by atoms with Crippen LogP contribution in [0.5, 0.6) is 0 Å². The van der Waals surface area contributed by atoms with Crippen LogP contribution in [0.2, 0.25) is 5.02 Å². The average Bonchev–Trinajstić information content (AvgIpc) is 3.52. The fourth-order valence-electron chi connectivity index (χ4n) is 6.27. The van der Waals surface area contributed by atoms with E-state index in [2.05, 4.69) is 41.7 Å². The van der Waals surface area contributed by atoms with Crippen molar-refractivity contribution in [2.75, 3.05) is 18.0 Å². The molecule has 3 fully saturated rings. The predicted molar refractivity (Wildman–Crippen MR) is 129 cm³/mol. The Morgan fingerprint density at radius 3 is 2.63 bits per heavy atom. The molecule has 1 saturated heterocycles. The lowest BCUT2D eigenvalue weighted by Crippen LogP contribution is -2.62. The molecular formula is C26H25ClFN7. The van der Waals surface area contributed by atoms with Crippen LogP contribution >= 0.6 is 11.6 Å². The van der Waals surface area contributed by atoms with Gasteiger partial charge in [0.1, 0.15) is 23.0 Å². The van der Waals surface area contributed by atoms with Gasteiger partial charge in [0, 0.05) is 36.0 Å². The molecule has 0 radical (unpaired) electrons. The van der Waals surface area contributed by atoms with E-state index < -0.39 is 5.54 Å². The van der Waals surface area contributed by atoms with Crippen LogP contribution < -0.4 is 4.90 Å². The summed E-state index contributed by atoms with van der Waals surface area (Å²) in [7, 11) is 0. The Balaban J connectivity index is 1.15. The van der Waals surface area contributed by atoms with Crippen LogP contribution in [0.3, 0.4) is 0 Å². The molecule has 35 heavy (non-hydrogen) atoms. The maximum absolute atomic E-state index is 13.6. The van der Waals surface area contributed by atoms with Gasteiger partial charge in [-0.15, -0.1) is 10.2 Å². The molecule has 2 aromatic heterocycles. The second-order valence-electron chi connectivity index (χ2n) is 10.8. The van der Waals surface area contributed by atoms with Crippen molar-refractivity contribution in [3.63, 3.8) is 0 Å². The second kappa shape index (κ2) is 7.25. The highest BCUT2D eigenvalue weighted by Crippen LogP contribution is 2.57. The van der Waals surface area contributed by atoms with Crippen molar-refractivity contribution in [2.45, 2.75) is 57.2 Å². The first-order chi connectivity index (χ1) is 16.9. The van der Waals surface area contributed by atoms with Crippen LogP contribution in [0, 0.1) is 29.5 Å². The zero-order valence-corrected chi connectivity index (χ0v) is 20.3. The second-order valence-corrected chi connectivity index (χ2v) is 11.2. The van der Waals surface area contributed by atoms with Crippen LogP contribution in [-0.4, -0.2) is 43.3 Å². The smallest absolute Gasteiger partial charge is 0.151 e. The Labute approximate surface area is 208 Å². The van der Waals surface area contributed by atoms with E-state index in [0.29, 0.717) is 29.7 Å². The zero-order chi connectivity index (χ0) is 23.9. The van der Waals surface area contributed by atoms with Crippen LogP contribution in [0.25, 0.3) is 5.69 Å². The molecule has 3 aromatic rings. The number of aromatic nitrogens is 4. The van der Waals surface area contributed by atoms with Gasteiger partial charge in [-0.25, -0.2) is 9.37 Å². The maximum Gasteiger partial charge on any atom is 0.151 e. The van der Waals surface area contributed by atoms with Gasteiger partial charge in [0.25, 0.3) is 0 Å². The predicted octanol–water partition coefficient (Wildman–Crippen LogP) is 4.52. The van der Waals surface area contributed by atoms with Gasteiger partial charge in [-0.1, -0.05) is 11.6 Å². The number of benzene rings is 1. The van der Waals surface area contributed by atoms with Crippen LogP contribution in [-0.2, 0) is 13.1 Å². The van der Waals surface area contributed by atoms with Crippen LogP contribution in [0.15, 0.2) is 30.3 Å². The molecule has 1 spiro atoms. The normalized spacial score (nSPS) is 21.9. The molecule has 0 N–H and O–H groups in total. The van der Waals surface area contributed by atoms with Crippen LogP contribution in [0.4, 0.5) is 10.2 Å². The Kier molecular flexibility index (Phi) is 4.41. The molecule has 2 saturated carbocycles. The summed E-state index contributed by atoms with van der Waals surface area (Å²) in [5.41, 5.74) is 2.49. The van der Waals surface area contributed by atoms with Crippen molar-refractivity contribution in [1.29, 1.82) is 5.26 Å². The number of aryl methyl sites for hydroxylation is 1. The van der Waals surface area contributed by atoms with E-state index in [4.69, 9.17) is 11.6 Å². The molecule has 0 atom stereocenters. The third-order valence-corrected chi connectivity index (χ3v) is 8.61. The van der Waals surface area contributed by atoms with Gasteiger partial charge < -0.3 is 4.90 Å². The van der Waals surface area contributed by atoms with Gasteiger partial charge in [0.05, 0.1) is 24.0 Å². The SMILES string of the molecule is Cc1nc(N2CC3(CC(c4nnc5n4-c4ccc(Cl)cc4CN(C4(C#N)CC4)C5)C3)C2)ccc1F. The zero-order valence-electron chi connectivity index (χ0n) is 19.5. The fourth-order valence-corrected chi connectivity index (χ4v) is 6.46. The quantitative estimate of drug-likeness (QED) is 0.538. The third kappa shape index (κ3) is 3.21. The summed E-state index contributed by atoms with van der Waals surface area (Å²) in [4.78, 5) is 8.89. The number of rotatable bonds is 3. The number of halogens is 2. The highest BCUT2D eigenvalue weighted by molar-refractivity contribution is 6.30. The lowest BCUT2D eigenvalue weighted by atomic mass is 9.57. The molecule has 4 heterocycles. The molecule has 2 aliphatic carbocycles. The summed E-state index contributed by atoms with van der Waals surface area (Å²) in [6, 6.07) is 11.8. The first kappa shape index (κ1) is 21.3. The van der Waals surface area contributed by atoms with Gasteiger partial charge in [0.15, 0.2) is 5.82 Å². The Morgan fingerprint density at radius 1 is 1.11 bits per heavy atom. The number of nitriles is 1. The van der Waals surface area contributed by atoms with E-state index >= 15 is 0 Å². The highest BCUT2D eigenvalue weighted by Gasteiger charge is 2.55. The molecule has 0 amide bonds. The standard InChI is InChI=1S/C26H25ClFN7/c1-16-20(28)3-5-22(30-16)33-14-25(15-33)9-18(10-25)24-32-31-23-12-34(26(13-29)6-7-26)11-17-8-19(27)2-4-21(17)35(23)24/h2-5,8,18H,6-7,9-12,14-15H2,1H3. The van der Waals surface area contributed by atoms with E-state index in [1.54, 1.807) is 13.0 Å². The largest absolute Gasteiger partial charge is 0.355 e. The van der Waals surface area contributed by atoms with Crippen molar-refractivity contribution < 1.29 is 4.39 Å². The number of hydrogen-bond acceptors (Lipinski definition) is 6. The Hall–Kier alpha value is -3.02. The number of anilines is 1. The van der Waals surface area contributed by atoms with Crippen molar-refractivity contribution in [2.24, 2.45) is 5.41 Å². The number of hydrogen-bond donors (Lipinski definition) is 0. The van der Waals surface area contributed by atoms with E-state index in [-0.39, 0.29) is 11.2 Å². The fraction of sp³-hybridized carbons (Fsp3) is 0.462. The minimum atomic E-state index is -0.399. The van der Waals surface area contributed by atoms with Crippen molar-refractivity contribution in [1.82, 2.24) is 24.6 Å². The summed E-state index contributed by atoms with van der Waals surface area (Å²) >= 11 is 6.38. The molecular weight excluding hydrogens is 465 g/mol. The molecule has 0 bridgehead atoms. The maximum atomic E-state index is 13.6. The molecule has 2 aliphatic heterocycles.